The molecule has 0 spiro atoms. The van der Waals surface area contributed by atoms with Gasteiger partial charge >= 0.3 is 0 Å². The van der Waals surface area contributed by atoms with Crippen molar-refractivity contribution in [1.82, 2.24) is 0 Å². The van der Waals surface area contributed by atoms with Gasteiger partial charge in [0.1, 0.15) is 12.4 Å². The number of halogens is 3. The summed E-state index contributed by atoms with van der Waals surface area (Å²) in [5.74, 6) is -1.07. The van der Waals surface area contributed by atoms with Crippen LogP contribution in [-0.4, -0.2) is 12.6 Å². The molecule has 2 aromatic carbocycles. The summed E-state index contributed by atoms with van der Waals surface area (Å²) < 4.78 is 31.4. The van der Waals surface area contributed by atoms with E-state index in [2.05, 4.69) is 0 Å². The topological polar surface area (TPSA) is 35.2 Å². The van der Waals surface area contributed by atoms with Crippen LogP contribution in [-0.2, 0) is 6.42 Å². The van der Waals surface area contributed by atoms with Gasteiger partial charge in [-0.15, -0.1) is 0 Å². The van der Waals surface area contributed by atoms with Crippen LogP contribution in [0.25, 0.3) is 0 Å². The summed E-state index contributed by atoms with van der Waals surface area (Å²) in [7, 11) is 0. The van der Waals surface area contributed by atoms with E-state index in [4.69, 9.17) is 22.1 Å². The molecule has 0 aliphatic rings. The fourth-order valence-electron chi connectivity index (χ4n) is 1.76. The highest BCUT2D eigenvalue weighted by molar-refractivity contribution is 6.30. The first-order valence-corrected chi connectivity index (χ1v) is 6.50. The Labute approximate surface area is 121 Å². The van der Waals surface area contributed by atoms with Crippen LogP contribution in [0.5, 0.6) is 5.75 Å². The van der Waals surface area contributed by atoms with Crippen LogP contribution >= 0.6 is 11.6 Å². The molecule has 0 radical (unpaired) electrons. The molecule has 5 heteroatoms. The van der Waals surface area contributed by atoms with Gasteiger partial charge in [-0.05, 0) is 48.4 Å². The molecule has 0 bridgehead atoms. The Morgan fingerprint density at radius 3 is 2.40 bits per heavy atom. The van der Waals surface area contributed by atoms with Crippen molar-refractivity contribution in [3.05, 3.63) is 64.7 Å². The zero-order valence-electron chi connectivity index (χ0n) is 10.7. The minimum absolute atomic E-state index is 0.278. The largest absolute Gasteiger partial charge is 0.492 e. The Morgan fingerprint density at radius 2 is 1.75 bits per heavy atom. The molecule has 2 aromatic rings. The van der Waals surface area contributed by atoms with Crippen LogP contribution in [0.2, 0.25) is 5.02 Å². The van der Waals surface area contributed by atoms with Crippen molar-refractivity contribution < 1.29 is 13.5 Å². The van der Waals surface area contributed by atoms with Gasteiger partial charge in [-0.2, -0.15) is 0 Å². The summed E-state index contributed by atoms with van der Waals surface area (Å²) in [6.07, 6.45) is 0.408. The first-order valence-electron chi connectivity index (χ1n) is 6.12. The molecule has 0 aliphatic carbocycles. The van der Waals surface area contributed by atoms with Crippen LogP contribution in [0.1, 0.15) is 5.56 Å². The standard InChI is InChI=1S/C15H14ClF2NO/c16-11-2-4-13(5-3-11)20-9-12(19)7-10-1-6-14(17)15(18)8-10/h1-6,8,12H,7,9,19H2. The molecule has 2 nitrogen and oxygen atoms in total. The molecular weight excluding hydrogens is 284 g/mol. The second-order valence-corrected chi connectivity index (χ2v) is 4.91. The fraction of sp³-hybridized carbons (Fsp3) is 0.200. The van der Waals surface area contributed by atoms with E-state index in [0.29, 0.717) is 22.8 Å². The van der Waals surface area contributed by atoms with E-state index in [9.17, 15) is 8.78 Å². The zero-order valence-corrected chi connectivity index (χ0v) is 11.4. The lowest BCUT2D eigenvalue weighted by Gasteiger charge is -2.13. The third-order valence-electron chi connectivity index (χ3n) is 2.76. The van der Waals surface area contributed by atoms with E-state index in [0.717, 1.165) is 12.1 Å². The Bertz CT molecular complexity index is 575. The lowest BCUT2D eigenvalue weighted by Crippen LogP contribution is -2.30. The van der Waals surface area contributed by atoms with Gasteiger partial charge in [-0.25, -0.2) is 8.78 Å². The van der Waals surface area contributed by atoms with Crippen LogP contribution in [0.3, 0.4) is 0 Å². The first-order chi connectivity index (χ1) is 9.54. The molecule has 2 rings (SSSR count). The Kier molecular flexibility index (Phi) is 4.93. The van der Waals surface area contributed by atoms with Gasteiger partial charge in [0, 0.05) is 11.1 Å². The summed E-state index contributed by atoms with van der Waals surface area (Å²) in [4.78, 5) is 0. The maximum atomic E-state index is 13.1. The highest BCUT2D eigenvalue weighted by Gasteiger charge is 2.08. The van der Waals surface area contributed by atoms with Gasteiger partial charge in [0.05, 0.1) is 0 Å². The van der Waals surface area contributed by atoms with Crippen LogP contribution in [0, 0.1) is 11.6 Å². The summed E-state index contributed by atoms with van der Waals surface area (Å²) in [5, 5.41) is 0.628. The van der Waals surface area contributed by atoms with Crippen molar-refractivity contribution in [3.63, 3.8) is 0 Å². The highest BCUT2D eigenvalue weighted by Crippen LogP contribution is 2.16. The number of rotatable bonds is 5. The third kappa shape index (κ3) is 4.18. The van der Waals surface area contributed by atoms with Gasteiger partial charge in [-0.3, -0.25) is 0 Å². The van der Waals surface area contributed by atoms with Crippen molar-refractivity contribution in [1.29, 1.82) is 0 Å². The summed E-state index contributed by atoms with van der Waals surface area (Å²) in [6, 6.07) is 10.4. The molecule has 20 heavy (non-hydrogen) atoms. The Balaban J connectivity index is 1.87. The molecule has 106 valence electrons. The minimum Gasteiger partial charge on any atom is -0.492 e. The van der Waals surface area contributed by atoms with E-state index < -0.39 is 11.6 Å². The number of benzene rings is 2. The quantitative estimate of drug-likeness (QED) is 0.916. The average Bonchev–Trinajstić information content (AvgIpc) is 2.42. The average molecular weight is 298 g/mol. The van der Waals surface area contributed by atoms with Crippen LogP contribution in [0.4, 0.5) is 8.78 Å². The minimum atomic E-state index is -0.867. The molecule has 0 fully saturated rings. The molecular formula is C15H14ClF2NO. The Morgan fingerprint density at radius 1 is 1.05 bits per heavy atom. The maximum absolute atomic E-state index is 13.1. The molecule has 0 amide bonds. The van der Waals surface area contributed by atoms with Crippen LogP contribution in [0.15, 0.2) is 42.5 Å². The summed E-state index contributed by atoms with van der Waals surface area (Å²) in [5.41, 5.74) is 6.54. The second kappa shape index (κ2) is 6.68. The molecule has 1 atom stereocenters. The van der Waals surface area contributed by atoms with Crippen molar-refractivity contribution in [2.24, 2.45) is 5.73 Å². The molecule has 2 N–H and O–H groups in total. The normalized spacial score (nSPS) is 12.2. The van der Waals surface area contributed by atoms with Crippen molar-refractivity contribution in [2.45, 2.75) is 12.5 Å². The van der Waals surface area contributed by atoms with E-state index >= 15 is 0 Å². The van der Waals surface area contributed by atoms with E-state index in [-0.39, 0.29) is 12.6 Å². The fourth-order valence-corrected chi connectivity index (χ4v) is 1.89. The molecule has 1 unspecified atom stereocenters. The summed E-state index contributed by atoms with van der Waals surface area (Å²) >= 11 is 5.76. The highest BCUT2D eigenvalue weighted by atomic mass is 35.5. The zero-order chi connectivity index (χ0) is 14.5. The Hall–Kier alpha value is -1.65. The lowest BCUT2D eigenvalue weighted by atomic mass is 10.1. The molecule has 0 saturated heterocycles. The smallest absolute Gasteiger partial charge is 0.159 e. The SMILES string of the molecule is NC(COc1ccc(Cl)cc1)Cc1ccc(F)c(F)c1. The number of ether oxygens (including phenoxy) is 1. The molecule has 0 aromatic heterocycles. The van der Waals surface area contributed by atoms with Crippen LogP contribution < -0.4 is 10.5 Å². The predicted octanol–water partition coefficient (Wildman–Crippen LogP) is 3.57. The third-order valence-corrected chi connectivity index (χ3v) is 3.01. The maximum Gasteiger partial charge on any atom is 0.159 e. The van der Waals surface area contributed by atoms with Gasteiger partial charge in [0.15, 0.2) is 11.6 Å². The van der Waals surface area contributed by atoms with Gasteiger partial charge < -0.3 is 10.5 Å². The lowest BCUT2D eigenvalue weighted by molar-refractivity contribution is 0.287. The van der Waals surface area contributed by atoms with Crippen molar-refractivity contribution in [2.75, 3.05) is 6.61 Å². The molecule has 0 saturated carbocycles. The van der Waals surface area contributed by atoms with Gasteiger partial charge in [0.2, 0.25) is 0 Å². The molecule has 0 aliphatic heterocycles. The van der Waals surface area contributed by atoms with Gasteiger partial charge in [0.25, 0.3) is 0 Å². The first kappa shape index (κ1) is 14.8. The second-order valence-electron chi connectivity index (χ2n) is 4.48. The van der Waals surface area contributed by atoms with E-state index in [1.165, 1.54) is 6.07 Å². The summed E-state index contributed by atoms with van der Waals surface area (Å²) in [6.45, 7) is 0.278. The number of nitrogens with two attached hydrogens (primary N) is 1. The molecule has 0 heterocycles. The monoisotopic (exact) mass is 297 g/mol. The predicted molar refractivity (Wildman–Crippen MR) is 75.0 cm³/mol. The van der Waals surface area contributed by atoms with E-state index in [1.807, 2.05) is 0 Å². The van der Waals surface area contributed by atoms with Crippen molar-refractivity contribution in [3.8, 4) is 5.75 Å². The van der Waals surface area contributed by atoms with Crippen molar-refractivity contribution >= 4 is 11.6 Å². The van der Waals surface area contributed by atoms with Gasteiger partial charge in [-0.1, -0.05) is 17.7 Å². The van der Waals surface area contributed by atoms with E-state index in [1.54, 1.807) is 24.3 Å². The number of hydrogen-bond donors (Lipinski definition) is 1. The number of hydrogen-bond acceptors (Lipinski definition) is 2.